The van der Waals surface area contributed by atoms with Crippen molar-refractivity contribution in [2.45, 2.75) is 53.1 Å². The number of esters is 1. The van der Waals surface area contributed by atoms with Gasteiger partial charge < -0.3 is 14.6 Å². The molecule has 0 bridgehead atoms. The Morgan fingerprint density at radius 2 is 2.10 bits per heavy atom. The first-order valence-corrected chi connectivity index (χ1v) is 11.8. The van der Waals surface area contributed by atoms with Crippen LogP contribution >= 0.6 is 0 Å². The fraction of sp³-hybridized carbons (Fsp3) is 0.571. The average Bonchev–Trinajstić information content (AvgIpc) is 3.13. The Balaban J connectivity index is 1.99. The van der Waals surface area contributed by atoms with Crippen LogP contribution in [0, 0.1) is 31.1 Å². The number of amides is 1. The van der Waals surface area contributed by atoms with Crippen molar-refractivity contribution in [2.75, 3.05) is 18.1 Å². The molecule has 0 saturated carbocycles. The fourth-order valence-corrected chi connectivity index (χ4v) is 5.06. The number of sulfone groups is 1. The molecule has 0 aromatic carbocycles. The number of aryl methyl sites for hydroxylation is 1. The third-order valence-corrected chi connectivity index (χ3v) is 6.88. The van der Waals surface area contributed by atoms with Crippen LogP contribution in [0.4, 0.5) is 0 Å². The quantitative estimate of drug-likeness (QED) is 0.378. The van der Waals surface area contributed by atoms with E-state index in [9.17, 15) is 23.3 Å². The van der Waals surface area contributed by atoms with Gasteiger partial charge >= 0.3 is 5.97 Å². The molecule has 1 fully saturated rings. The maximum atomic E-state index is 12.2. The third kappa shape index (κ3) is 6.46. The Morgan fingerprint density at radius 1 is 1.40 bits per heavy atom. The molecule has 2 heterocycles. The van der Waals surface area contributed by atoms with E-state index in [2.05, 4.69) is 23.7 Å². The van der Waals surface area contributed by atoms with E-state index in [1.54, 1.807) is 0 Å². The molecule has 0 unspecified atom stereocenters. The summed E-state index contributed by atoms with van der Waals surface area (Å²) in [5, 5.41) is 11.9. The van der Waals surface area contributed by atoms with Gasteiger partial charge in [0.1, 0.15) is 11.6 Å². The van der Waals surface area contributed by atoms with E-state index in [1.165, 1.54) is 6.08 Å². The lowest BCUT2D eigenvalue weighted by Gasteiger charge is -2.11. The van der Waals surface area contributed by atoms with Crippen molar-refractivity contribution in [1.29, 1.82) is 5.26 Å². The lowest BCUT2D eigenvalue weighted by Crippen LogP contribution is -2.38. The number of nitrogens with zero attached hydrogens (tertiary/aromatic N) is 2. The smallest absolute Gasteiger partial charge is 0.349 e. The minimum atomic E-state index is -3.12. The van der Waals surface area contributed by atoms with Gasteiger partial charge in [-0.2, -0.15) is 5.26 Å². The molecule has 8 nitrogen and oxygen atoms in total. The van der Waals surface area contributed by atoms with E-state index >= 15 is 0 Å². The summed E-state index contributed by atoms with van der Waals surface area (Å²) < 4.78 is 30.0. The van der Waals surface area contributed by atoms with Crippen molar-refractivity contribution < 1.29 is 22.7 Å². The largest absolute Gasteiger partial charge is 0.451 e. The van der Waals surface area contributed by atoms with E-state index < -0.39 is 34.4 Å². The molecular formula is C21H29N3O5S. The molecule has 1 aliphatic heterocycles. The lowest BCUT2D eigenvalue weighted by molar-refractivity contribution is -0.144. The van der Waals surface area contributed by atoms with Gasteiger partial charge in [0.05, 0.1) is 11.5 Å². The zero-order valence-corrected chi connectivity index (χ0v) is 18.7. The van der Waals surface area contributed by atoms with Crippen LogP contribution in [0.1, 0.15) is 43.6 Å². The van der Waals surface area contributed by atoms with Crippen LogP contribution in [-0.4, -0.2) is 49.0 Å². The highest BCUT2D eigenvalue weighted by molar-refractivity contribution is 7.91. The Hall–Kier alpha value is -2.60. The summed E-state index contributed by atoms with van der Waals surface area (Å²) in [6.07, 6.45) is 2.83. The second kappa shape index (κ2) is 9.94. The van der Waals surface area contributed by atoms with E-state index in [1.807, 2.05) is 26.0 Å². The molecule has 1 saturated heterocycles. The average molecular weight is 436 g/mol. The van der Waals surface area contributed by atoms with Crippen LogP contribution in [0.5, 0.6) is 0 Å². The Kier molecular flexibility index (Phi) is 7.84. The monoisotopic (exact) mass is 435 g/mol. The molecule has 1 aromatic rings. The molecule has 2 rings (SSSR count). The first-order chi connectivity index (χ1) is 14.0. The summed E-state index contributed by atoms with van der Waals surface area (Å²) in [6, 6.07) is 3.27. The third-order valence-electron chi connectivity index (χ3n) is 5.11. The number of aromatic nitrogens is 1. The summed E-state index contributed by atoms with van der Waals surface area (Å²) in [5.74, 6) is -0.990. The topological polar surface area (TPSA) is 118 Å². The number of hydrogen-bond donors (Lipinski definition) is 1. The van der Waals surface area contributed by atoms with Crippen molar-refractivity contribution in [2.24, 2.45) is 5.92 Å². The summed E-state index contributed by atoms with van der Waals surface area (Å²) >= 11 is 0. The van der Waals surface area contributed by atoms with E-state index in [0.717, 1.165) is 29.9 Å². The number of hydrogen-bond acceptors (Lipinski definition) is 6. The number of carbonyl (C=O) groups is 2. The van der Waals surface area contributed by atoms with Gasteiger partial charge in [0.2, 0.25) is 0 Å². The van der Waals surface area contributed by atoms with E-state index in [0.29, 0.717) is 12.3 Å². The van der Waals surface area contributed by atoms with Gasteiger partial charge in [0.25, 0.3) is 5.91 Å². The van der Waals surface area contributed by atoms with Crippen molar-refractivity contribution in [3.63, 3.8) is 0 Å². The molecular weight excluding hydrogens is 406 g/mol. The summed E-state index contributed by atoms with van der Waals surface area (Å²) in [7, 11) is -3.12. The van der Waals surface area contributed by atoms with Gasteiger partial charge in [-0.15, -0.1) is 0 Å². The Labute approximate surface area is 177 Å². The SMILES string of the molecule is Cc1cc(/C=C(/C#N)C(=O)OCC(=O)N[C@H]2CCS(=O)(=O)C2)c(C)n1CCC(C)C. The number of nitriles is 1. The van der Waals surface area contributed by atoms with Crippen molar-refractivity contribution >= 4 is 27.8 Å². The van der Waals surface area contributed by atoms with E-state index in [-0.39, 0.29) is 17.1 Å². The van der Waals surface area contributed by atoms with Gasteiger partial charge in [-0.25, -0.2) is 13.2 Å². The second-order valence-corrected chi connectivity index (χ2v) is 10.3. The highest BCUT2D eigenvalue weighted by Gasteiger charge is 2.29. The highest BCUT2D eigenvalue weighted by Crippen LogP contribution is 2.20. The number of ether oxygens (including phenoxy) is 1. The van der Waals surface area contributed by atoms with E-state index in [4.69, 9.17) is 4.74 Å². The molecule has 164 valence electrons. The standard InChI is InChI=1S/C21H29N3O5S/c1-14(2)5-7-24-15(3)9-17(16(24)4)10-18(11-22)21(26)29-12-20(25)23-19-6-8-30(27,28)13-19/h9-10,14,19H,5-8,12-13H2,1-4H3,(H,23,25)/b18-10-/t19-/m0/s1. The number of carbonyl (C=O) groups excluding carboxylic acids is 2. The summed E-state index contributed by atoms with van der Waals surface area (Å²) in [6.45, 7) is 8.50. The molecule has 0 spiro atoms. The van der Waals surface area contributed by atoms with Gasteiger partial charge in [-0.1, -0.05) is 13.8 Å². The molecule has 1 N–H and O–H groups in total. The van der Waals surface area contributed by atoms with Crippen LogP contribution in [0.2, 0.25) is 0 Å². The molecule has 1 aromatic heterocycles. The predicted molar refractivity (Wildman–Crippen MR) is 113 cm³/mol. The lowest BCUT2D eigenvalue weighted by atomic mass is 10.1. The van der Waals surface area contributed by atoms with Crippen molar-refractivity contribution in [3.05, 3.63) is 28.6 Å². The number of rotatable bonds is 8. The summed E-state index contributed by atoms with van der Waals surface area (Å²) in [4.78, 5) is 24.2. The van der Waals surface area contributed by atoms with Gasteiger partial charge in [-0.3, -0.25) is 4.79 Å². The minimum Gasteiger partial charge on any atom is -0.451 e. The second-order valence-electron chi connectivity index (χ2n) is 8.07. The first-order valence-electron chi connectivity index (χ1n) is 9.98. The fourth-order valence-electron chi connectivity index (χ4n) is 3.38. The molecule has 9 heteroatoms. The minimum absolute atomic E-state index is 0.0363. The molecule has 1 amide bonds. The highest BCUT2D eigenvalue weighted by atomic mass is 32.2. The zero-order chi connectivity index (χ0) is 22.5. The zero-order valence-electron chi connectivity index (χ0n) is 17.9. The van der Waals surface area contributed by atoms with Gasteiger partial charge in [-0.05, 0) is 50.3 Å². The molecule has 0 aliphatic carbocycles. The molecule has 30 heavy (non-hydrogen) atoms. The molecule has 0 radical (unpaired) electrons. The van der Waals surface area contributed by atoms with Gasteiger partial charge in [0.15, 0.2) is 16.4 Å². The van der Waals surface area contributed by atoms with Crippen LogP contribution in [0.15, 0.2) is 11.6 Å². The van der Waals surface area contributed by atoms with Crippen LogP contribution in [-0.2, 0) is 30.7 Å². The Bertz CT molecular complexity index is 983. The summed E-state index contributed by atoms with van der Waals surface area (Å²) in [5.41, 5.74) is 2.55. The Morgan fingerprint density at radius 3 is 2.67 bits per heavy atom. The maximum absolute atomic E-state index is 12.2. The maximum Gasteiger partial charge on any atom is 0.349 e. The normalized spacial score (nSPS) is 18.3. The molecule has 1 aliphatic rings. The number of nitrogens with one attached hydrogen (secondary N) is 1. The van der Waals surface area contributed by atoms with Crippen LogP contribution in [0.25, 0.3) is 6.08 Å². The van der Waals surface area contributed by atoms with Crippen molar-refractivity contribution in [1.82, 2.24) is 9.88 Å². The van der Waals surface area contributed by atoms with Crippen molar-refractivity contribution in [3.8, 4) is 6.07 Å². The first kappa shape index (κ1) is 23.7. The van der Waals surface area contributed by atoms with Crippen LogP contribution in [0.3, 0.4) is 0 Å². The predicted octanol–water partition coefficient (Wildman–Crippen LogP) is 1.90. The van der Waals surface area contributed by atoms with Crippen LogP contribution < -0.4 is 5.32 Å². The van der Waals surface area contributed by atoms with Gasteiger partial charge in [0, 0.05) is 24.0 Å². The molecule has 1 atom stereocenters.